The molecule has 0 aromatic heterocycles. The predicted molar refractivity (Wildman–Crippen MR) is 423 cm³/mol. The summed E-state index contributed by atoms with van der Waals surface area (Å²) in [6, 6.07) is 0. The molecular weight excluding hydrogens is 1340 g/mol. The number of aliphatic hydroxyl groups is 1. The van der Waals surface area contributed by atoms with Gasteiger partial charge in [-0.15, -0.1) is 0 Å². The van der Waals surface area contributed by atoms with Crippen molar-refractivity contribution in [2.45, 2.75) is 458 Å². The van der Waals surface area contributed by atoms with Crippen LogP contribution in [0.5, 0.6) is 0 Å². The maximum absolute atomic E-state index is 13.1. The Labute approximate surface area is 632 Å². The lowest BCUT2D eigenvalue weighted by Crippen LogP contribution is -2.30. The second kappa shape index (κ2) is 74.2. The van der Waals surface area contributed by atoms with Crippen LogP contribution < -0.4 is 0 Å². The van der Waals surface area contributed by atoms with Crippen LogP contribution in [0.3, 0.4) is 0 Å². The number of carbonyl (C=O) groups is 4. The first-order valence-corrected chi connectivity index (χ1v) is 46.4. The molecule has 103 heavy (non-hydrogen) atoms. The summed E-state index contributed by atoms with van der Waals surface area (Å²) < 4.78 is 68.7. The van der Waals surface area contributed by atoms with Crippen molar-refractivity contribution in [3.05, 3.63) is 0 Å². The zero-order valence-electron chi connectivity index (χ0n) is 67.8. The minimum Gasteiger partial charge on any atom is -0.462 e. The molecule has 3 unspecified atom stereocenters. The van der Waals surface area contributed by atoms with Gasteiger partial charge in [-0.1, -0.05) is 389 Å². The van der Waals surface area contributed by atoms with Crippen LogP contribution in [0, 0.1) is 17.8 Å². The average molecular weight is 1510 g/mol. The van der Waals surface area contributed by atoms with Crippen LogP contribution in [-0.4, -0.2) is 96.7 Å². The highest BCUT2D eigenvalue weighted by molar-refractivity contribution is 7.47. The van der Waals surface area contributed by atoms with Gasteiger partial charge in [-0.25, -0.2) is 9.13 Å². The third kappa shape index (κ3) is 76.6. The molecule has 0 aromatic rings. The SMILES string of the molecule is CCCCCCCCCC(=O)OC[C@H](COP(=O)(O)OC[C@H](O)COP(=O)(O)OC[C@@H](COC(=O)CCCCCCCCCCCCCCCCCCC(C)C)OC(=O)CCCCCCCCCCCCCCCCCCCCC(C)CC)OC(=O)CCCCCCCCCCCCCCC(C)C. The summed E-state index contributed by atoms with van der Waals surface area (Å²) in [5.74, 6) is 0.349. The molecule has 0 rings (SSSR count). The molecule has 17 nitrogen and oxygen atoms in total. The van der Waals surface area contributed by atoms with E-state index in [9.17, 15) is 43.2 Å². The lowest BCUT2D eigenvalue weighted by molar-refractivity contribution is -0.161. The zero-order chi connectivity index (χ0) is 75.8. The van der Waals surface area contributed by atoms with Crippen molar-refractivity contribution < 1.29 is 80.2 Å². The standard InChI is InChI=1S/C84H164O17P2/c1-8-10-11-12-41-51-58-65-81(86)94-71-79(100-83(88)68-61-54-47-40-34-28-27-30-36-43-49-56-63-76(5)6)73-98-102(90,91)96-69-78(85)70-97-103(92,93)99-74-80(72-95-82(87)66-59-52-45-38-32-25-21-18-17-19-23-29-35-42-48-55-62-75(3)4)101-84(89)67-60-53-46-39-33-26-22-16-14-13-15-20-24-31-37-44-50-57-64-77(7)9-2/h75-80,85H,8-74H2,1-7H3,(H,90,91)(H,92,93)/t77?,78-,79+,80+/m0/s1. The van der Waals surface area contributed by atoms with Crippen LogP contribution >= 0.6 is 15.6 Å². The van der Waals surface area contributed by atoms with Gasteiger partial charge in [0.2, 0.25) is 0 Å². The lowest BCUT2D eigenvalue weighted by atomic mass is 9.99. The molecule has 6 atom stereocenters. The summed E-state index contributed by atoms with van der Waals surface area (Å²) in [4.78, 5) is 73.0. The van der Waals surface area contributed by atoms with E-state index in [1.807, 2.05) is 0 Å². The molecule has 0 bridgehead atoms. The fourth-order valence-corrected chi connectivity index (χ4v) is 14.6. The van der Waals surface area contributed by atoms with Gasteiger partial charge in [0.15, 0.2) is 12.2 Å². The van der Waals surface area contributed by atoms with Gasteiger partial charge in [0.05, 0.1) is 26.4 Å². The molecular formula is C84H164O17P2. The smallest absolute Gasteiger partial charge is 0.462 e. The quantitative estimate of drug-likeness (QED) is 0.0222. The Morgan fingerprint density at radius 1 is 0.282 bits per heavy atom. The van der Waals surface area contributed by atoms with Crippen LogP contribution in [0.1, 0.15) is 440 Å². The average Bonchev–Trinajstić information content (AvgIpc) is 0.908. The molecule has 0 saturated heterocycles. The summed E-state index contributed by atoms with van der Waals surface area (Å²) in [6.07, 6.45) is 64.0. The molecule has 0 aromatic carbocycles. The summed E-state index contributed by atoms with van der Waals surface area (Å²) in [5, 5.41) is 10.6. The fourth-order valence-electron chi connectivity index (χ4n) is 13.0. The van der Waals surface area contributed by atoms with Gasteiger partial charge in [-0.2, -0.15) is 0 Å². The molecule has 612 valence electrons. The van der Waals surface area contributed by atoms with E-state index in [-0.39, 0.29) is 25.7 Å². The van der Waals surface area contributed by atoms with Gasteiger partial charge >= 0.3 is 39.5 Å². The van der Waals surface area contributed by atoms with E-state index >= 15 is 0 Å². The van der Waals surface area contributed by atoms with E-state index in [0.29, 0.717) is 25.7 Å². The first kappa shape index (κ1) is 101. The number of carbonyl (C=O) groups excluding carboxylic acids is 4. The fraction of sp³-hybridized carbons (Fsp3) is 0.952. The number of hydrogen-bond donors (Lipinski definition) is 3. The molecule has 19 heteroatoms. The second-order valence-electron chi connectivity index (χ2n) is 31.4. The van der Waals surface area contributed by atoms with Crippen LogP contribution in [0.15, 0.2) is 0 Å². The van der Waals surface area contributed by atoms with E-state index in [0.717, 1.165) is 120 Å². The van der Waals surface area contributed by atoms with Crippen molar-refractivity contribution in [2.24, 2.45) is 17.8 Å². The number of unbranched alkanes of at least 4 members (excludes halogenated alkanes) is 49. The number of rotatable bonds is 82. The van der Waals surface area contributed by atoms with Gasteiger partial charge in [-0.05, 0) is 43.4 Å². The van der Waals surface area contributed by atoms with Crippen molar-refractivity contribution in [2.75, 3.05) is 39.6 Å². The molecule has 0 aliphatic heterocycles. The Morgan fingerprint density at radius 2 is 0.495 bits per heavy atom. The Bertz CT molecular complexity index is 1990. The molecule has 0 aliphatic rings. The van der Waals surface area contributed by atoms with Gasteiger partial charge in [-0.3, -0.25) is 37.3 Å². The molecule has 0 radical (unpaired) electrons. The number of hydrogen-bond acceptors (Lipinski definition) is 15. The Kier molecular flexibility index (Phi) is 72.8. The highest BCUT2D eigenvalue weighted by atomic mass is 31.2. The largest absolute Gasteiger partial charge is 0.472 e. The van der Waals surface area contributed by atoms with Crippen LogP contribution in [-0.2, 0) is 65.4 Å². The van der Waals surface area contributed by atoms with E-state index in [1.54, 1.807) is 0 Å². The van der Waals surface area contributed by atoms with E-state index in [2.05, 4.69) is 48.5 Å². The van der Waals surface area contributed by atoms with E-state index in [1.165, 1.54) is 238 Å². The number of phosphoric acid groups is 2. The zero-order valence-corrected chi connectivity index (χ0v) is 69.6. The van der Waals surface area contributed by atoms with Crippen molar-refractivity contribution in [1.29, 1.82) is 0 Å². The Hall–Kier alpha value is -1.94. The Morgan fingerprint density at radius 3 is 0.738 bits per heavy atom. The summed E-state index contributed by atoms with van der Waals surface area (Å²) in [6.45, 7) is 12.0. The molecule has 0 aliphatic carbocycles. The third-order valence-corrected chi connectivity index (χ3v) is 21.9. The minimum absolute atomic E-state index is 0.107. The molecule has 0 amide bonds. The highest BCUT2D eigenvalue weighted by Crippen LogP contribution is 2.45. The Balaban J connectivity index is 5.17. The number of aliphatic hydroxyl groups excluding tert-OH is 1. The molecule has 0 spiro atoms. The monoisotopic (exact) mass is 1510 g/mol. The highest BCUT2D eigenvalue weighted by Gasteiger charge is 2.30. The van der Waals surface area contributed by atoms with Crippen molar-refractivity contribution in [1.82, 2.24) is 0 Å². The number of esters is 4. The number of phosphoric ester groups is 2. The van der Waals surface area contributed by atoms with Crippen molar-refractivity contribution in [3.63, 3.8) is 0 Å². The molecule has 0 fully saturated rings. The third-order valence-electron chi connectivity index (χ3n) is 20.0. The first-order valence-electron chi connectivity index (χ1n) is 43.4. The van der Waals surface area contributed by atoms with Gasteiger partial charge < -0.3 is 33.8 Å². The topological polar surface area (TPSA) is 237 Å². The second-order valence-corrected chi connectivity index (χ2v) is 34.3. The summed E-state index contributed by atoms with van der Waals surface area (Å²) in [7, 11) is -9.92. The van der Waals surface area contributed by atoms with E-state index in [4.69, 9.17) is 37.0 Å². The minimum atomic E-state index is -4.96. The van der Waals surface area contributed by atoms with Crippen molar-refractivity contribution >= 4 is 39.5 Å². The molecule has 0 heterocycles. The first-order chi connectivity index (χ1) is 49.8. The van der Waals surface area contributed by atoms with Gasteiger partial charge in [0.1, 0.15) is 19.3 Å². The summed E-state index contributed by atoms with van der Waals surface area (Å²) in [5.41, 5.74) is 0. The van der Waals surface area contributed by atoms with Gasteiger partial charge in [0.25, 0.3) is 0 Å². The summed E-state index contributed by atoms with van der Waals surface area (Å²) >= 11 is 0. The van der Waals surface area contributed by atoms with Crippen molar-refractivity contribution in [3.8, 4) is 0 Å². The predicted octanol–water partition coefficient (Wildman–Crippen LogP) is 25.3. The number of ether oxygens (including phenoxy) is 4. The van der Waals surface area contributed by atoms with Crippen LogP contribution in [0.2, 0.25) is 0 Å². The maximum atomic E-state index is 13.1. The van der Waals surface area contributed by atoms with E-state index < -0.39 is 97.5 Å². The van der Waals surface area contributed by atoms with Gasteiger partial charge in [0, 0.05) is 25.7 Å². The maximum Gasteiger partial charge on any atom is 0.472 e. The van der Waals surface area contributed by atoms with Crippen LogP contribution in [0.4, 0.5) is 0 Å². The normalized spacial score (nSPS) is 14.2. The lowest BCUT2D eigenvalue weighted by Gasteiger charge is -2.21. The molecule has 0 saturated carbocycles. The van der Waals surface area contributed by atoms with Crippen LogP contribution in [0.25, 0.3) is 0 Å². The molecule has 3 N–H and O–H groups in total.